The number of thiophene rings is 1. The van der Waals surface area contributed by atoms with E-state index < -0.39 is 0 Å². The van der Waals surface area contributed by atoms with Crippen molar-refractivity contribution in [3.63, 3.8) is 0 Å². The Balaban J connectivity index is 1.86. The minimum absolute atomic E-state index is 0.0712. The Labute approximate surface area is 147 Å². The van der Waals surface area contributed by atoms with Crippen LogP contribution in [-0.4, -0.2) is 49.2 Å². The third kappa shape index (κ3) is 3.49. The third-order valence-electron chi connectivity index (χ3n) is 3.04. The van der Waals surface area contributed by atoms with Crippen LogP contribution in [0.25, 0.3) is 5.78 Å². The van der Waals surface area contributed by atoms with Gasteiger partial charge in [-0.1, -0.05) is 17.8 Å². The predicted octanol–water partition coefficient (Wildman–Crippen LogP) is 2.42. The van der Waals surface area contributed by atoms with E-state index in [1.165, 1.54) is 23.1 Å². The van der Waals surface area contributed by atoms with Gasteiger partial charge in [-0.15, -0.1) is 21.5 Å². The van der Waals surface area contributed by atoms with E-state index in [1.54, 1.807) is 4.40 Å². The molecular formula is C14H17N7OS2. The van der Waals surface area contributed by atoms with Gasteiger partial charge in [-0.25, -0.2) is 4.40 Å². The van der Waals surface area contributed by atoms with Crippen molar-refractivity contribution in [2.45, 2.75) is 19.0 Å². The summed E-state index contributed by atoms with van der Waals surface area (Å²) in [6.45, 7) is 5.38. The van der Waals surface area contributed by atoms with Crippen LogP contribution in [0.4, 0.5) is 11.9 Å². The summed E-state index contributed by atoms with van der Waals surface area (Å²) in [5.41, 5.74) is 0. The van der Waals surface area contributed by atoms with Gasteiger partial charge < -0.3 is 10.6 Å². The van der Waals surface area contributed by atoms with E-state index in [-0.39, 0.29) is 5.78 Å². The first-order valence-corrected chi connectivity index (χ1v) is 9.39. The number of aromatic nitrogens is 5. The number of nitrogens with one attached hydrogen (secondary N) is 2. The van der Waals surface area contributed by atoms with E-state index in [9.17, 15) is 4.79 Å². The minimum atomic E-state index is 0.0712. The number of fused-ring (bicyclic) bond motifs is 1. The zero-order valence-electron chi connectivity index (χ0n) is 13.3. The number of Topliss-reactive ketones (excluding diaryl/α,β-unsaturated/α-hetero) is 1. The molecule has 8 nitrogen and oxygen atoms in total. The van der Waals surface area contributed by atoms with Crippen molar-refractivity contribution < 1.29 is 4.79 Å². The molecule has 0 amide bonds. The van der Waals surface area contributed by atoms with Gasteiger partial charge in [0, 0.05) is 13.1 Å². The Bertz CT molecular complexity index is 831. The fraction of sp³-hybridized carbons (Fsp3) is 0.357. The summed E-state index contributed by atoms with van der Waals surface area (Å²) >= 11 is 2.77. The van der Waals surface area contributed by atoms with Crippen molar-refractivity contribution in [2.24, 2.45) is 0 Å². The molecule has 126 valence electrons. The second-order valence-electron chi connectivity index (χ2n) is 4.74. The number of nitrogens with zero attached hydrogens (tertiary/aromatic N) is 5. The lowest BCUT2D eigenvalue weighted by Crippen LogP contribution is -2.11. The van der Waals surface area contributed by atoms with E-state index in [1.807, 2.05) is 31.4 Å². The van der Waals surface area contributed by atoms with Gasteiger partial charge in [-0.2, -0.15) is 9.97 Å². The molecular weight excluding hydrogens is 346 g/mol. The summed E-state index contributed by atoms with van der Waals surface area (Å²) in [6, 6.07) is 3.69. The van der Waals surface area contributed by atoms with Gasteiger partial charge in [0.05, 0.1) is 10.6 Å². The zero-order valence-corrected chi connectivity index (χ0v) is 14.9. The van der Waals surface area contributed by atoms with Gasteiger partial charge >= 0.3 is 0 Å². The van der Waals surface area contributed by atoms with Crippen LogP contribution in [0.15, 0.2) is 22.7 Å². The van der Waals surface area contributed by atoms with Gasteiger partial charge in [0.15, 0.2) is 10.9 Å². The average Bonchev–Trinajstić information content (AvgIpc) is 3.23. The summed E-state index contributed by atoms with van der Waals surface area (Å²) in [5, 5.41) is 17.0. The molecule has 3 aromatic heterocycles. The molecule has 0 saturated heterocycles. The summed E-state index contributed by atoms with van der Waals surface area (Å²) < 4.78 is 1.73. The molecule has 0 aromatic carbocycles. The minimum Gasteiger partial charge on any atom is -0.355 e. The quantitative estimate of drug-likeness (QED) is 0.465. The SMILES string of the molecule is CCNc1nc(NCC)n2c(SCC(=O)c3cccs3)nnc2n1. The molecule has 3 aromatic rings. The average molecular weight is 363 g/mol. The molecule has 0 atom stereocenters. The largest absolute Gasteiger partial charge is 0.355 e. The smallest absolute Gasteiger partial charge is 0.261 e. The van der Waals surface area contributed by atoms with Crippen LogP contribution in [-0.2, 0) is 0 Å². The molecule has 0 saturated carbocycles. The number of rotatable bonds is 8. The van der Waals surface area contributed by atoms with E-state index in [2.05, 4.69) is 30.8 Å². The highest BCUT2D eigenvalue weighted by atomic mass is 32.2. The van der Waals surface area contributed by atoms with Crippen molar-refractivity contribution >= 4 is 46.6 Å². The summed E-state index contributed by atoms with van der Waals surface area (Å²) in [7, 11) is 0. The number of thioether (sulfide) groups is 1. The van der Waals surface area contributed by atoms with Crippen LogP contribution >= 0.6 is 23.1 Å². The second-order valence-corrected chi connectivity index (χ2v) is 6.63. The topological polar surface area (TPSA) is 97.1 Å². The standard InChI is InChI=1S/C14H17N7OS2/c1-3-15-11-17-12(16-4-2)21-13(18-11)19-20-14(21)24-8-9(22)10-6-5-7-23-10/h5-7H,3-4,8H2,1-2H3,(H2,15,16,17,18,19). The van der Waals surface area contributed by atoms with Crippen LogP contribution in [0.2, 0.25) is 0 Å². The van der Waals surface area contributed by atoms with Crippen molar-refractivity contribution in [2.75, 3.05) is 29.5 Å². The molecule has 0 spiro atoms. The molecule has 0 aliphatic rings. The van der Waals surface area contributed by atoms with Gasteiger partial charge in [0.1, 0.15) is 0 Å². The predicted molar refractivity (Wildman–Crippen MR) is 96.3 cm³/mol. The van der Waals surface area contributed by atoms with Crippen molar-refractivity contribution in [3.05, 3.63) is 22.4 Å². The molecule has 3 rings (SSSR count). The lowest BCUT2D eigenvalue weighted by Gasteiger charge is -2.09. The second kappa shape index (κ2) is 7.58. The van der Waals surface area contributed by atoms with Crippen molar-refractivity contribution in [1.82, 2.24) is 24.6 Å². The van der Waals surface area contributed by atoms with Gasteiger partial charge in [-0.05, 0) is 25.3 Å². The fourth-order valence-corrected chi connectivity index (χ4v) is 3.60. The normalized spacial score (nSPS) is 10.9. The number of carbonyl (C=O) groups is 1. The molecule has 10 heteroatoms. The van der Waals surface area contributed by atoms with E-state index >= 15 is 0 Å². The Kier molecular flexibility index (Phi) is 5.26. The highest BCUT2D eigenvalue weighted by Gasteiger charge is 2.16. The highest BCUT2D eigenvalue weighted by molar-refractivity contribution is 7.99. The number of hydrogen-bond acceptors (Lipinski definition) is 9. The van der Waals surface area contributed by atoms with Crippen LogP contribution in [0, 0.1) is 0 Å². The third-order valence-corrected chi connectivity index (χ3v) is 4.88. The Morgan fingerprint density at radius 1 is 1.25 bits per heavy atom. The summed E-state index contributed by atoms with van der Waals surface area (Å²) in [6.07, 6.45) is 0. The zero-order chi connectivity index (χ0) is 16.9. The number of ketones is 1. The van der Waals surface area contributed by atoms with Crippen molar-refractivity contribution in [1.29, 1.82) is 0 Å². The maximum atomic E-state index is 12.2. The van der Waals surface area contributed by atoms with E-state index in [0.717, 1.165) is 4.88 Å². The number of anilines is 2. The molecule has 0 radical (unpaired) electrons. The molecule has 0 aliphatic heterocycles. The van der Waals surface area contributed by atoms with Gasteiger partial charge in [0.25, 0.3) is 5.78 Å². The number of hydrogen-bond donors (Lipinski definition) is 2. The molecule has 0 bridgehead atoms. The van der Waals surface area contributed by atoms with Crippen LogP contribution in [0.5, 0.6) is 0 Å². The van der Waals surface area contributed by atoms with Crippen LogP contribution in [0.1, 0.15) is 23.5 Å². The number of carbonyl (C=O) groups excluding carboxylic acids is 1. The first kappa shape index (κ1) is 16.7. The van der Waals surface area contributed by atoms with Gasteiger partial charge in [-0.3, -0.25) is 4.79 Å². The van der Waals surface area contributed by atoms with Crippen molar-refractivity contribution in [3.8, 4) is 0 Å². The summed E-state index contributed by atoms with van der Waals surface area (Å²) in [4.78, 5) is 21.7. The fourth-order valence-electron chi connectivity index (χ4n) is 2.04. The van der Waals surface area contributed by atoms with E-state index in [4.69, 9.17) is 0 Å². The molecule has 24 heavy (non-hydrogen) atoms. The van der Waals surface area contributed by atoms with Gasteiger partial charge in [0.2, 0.25) is 11.9 Å². The lowest BCUT2D eigenvalue weighted by molar-refractivity contribution is 0.102. The monoisotopic (exact) mass is 363 g/mol. The Morgan fingerprint density at radius 3 is 2.79 bits per heavy atom. The molecule has 3 heterocycles. The highest BCUT2D eigenvalue weighted by Crippen LogP contribution is 2.22. The molecule has 0 fully saturated rings. The van der Waals surface area contributed by atoms with Crippen LogP contribution in [0.3, 0.4) is 0 Å². The maximum absolute atomic E-state index is 12.2. The first-order chi connectivity index (χ1) is 11.7. The molecule has 2 N–H and O–H groups in total. The van der Waals surface area contributed by atoms with E-state index in [0.29, 0.717) is 41.7 Å². The Hall–Kier alpha value is -2.20. The Morgan fingerprint density at radius 2 is 2.08 bits per heavy atom. The maximum Gasteiger partial charge on any atom is 0.261 e. The molecule has 0 unspecified atom stereocenters. The molecule has 0 aliphatic carbocycles. The first-order valence-electron chi connectivity index (χ1n) is 7.53. The van der Waals surface area contributed by atoms with Crippen LogP contribution < -0.4 is 10.6 Å². The lowest BCUT2D eigenvalue weighted by atomic mass is 10.4. The summed E-state index contributed by atoms with van der Waals surface area (Å²) in [5.74, 6) is 1.92.